The Bertz CT molecular complexity index is 2010. The molecule has 4 aromatic carbocycles. The Morgan fingerprint density at radius 2 is 0.939 bits per heavy atom. The molecule has 2 fully saturated rings. The van der Waals surface area contributed by atoms with Gasteiger partial charge in [-0.15, -0.1) is 22.7 Å². The van der Waals surface area contributed by atoms with Crippen LogP contribution in [0.5, 0.6) is 0 Å². The molecule has 0 nitrogen and oxygen atoms in total. The van der Waals surface area contributed by atoms with Crippen LogP contribution in [-0.2, 0) is 6.42 Å². The Hall–Kier alpha value is -4.00. The molecule has 0 unspecified atom stereocenters. The number of rotatable bonds is 7. The highest BCUT2D eigenvalue weighted by molar-refractivity contribution is 7.15. The van der Waals surface area contributed by atoms with Gasteiger partial charge in [-0.05, 0) is 140 Å². The van der Waals surface area contributed by atoms with Gasteiger partial charge in [0.15, 0.2) is 0 Å². The minimum absolute atomic E-state index is 0.0715. The van der Waals surface area contributed by atoms with Crippen molar-refractivity contribution in [2.75, 3.05) is 0 Å². The summed E-state index contributed by atoms with van der Waals surface area (Å²) in [6.07, 6.45) is 8.84. The summed E-state index contributed by atoms with van der Waals surface area (Å²) >= 11 is 2.81. The molecule has 0 radical (unpaired) electrons. The van der Waals surface area contributed by atoms with Crippen LogP contribution in [0.3, 0.4) is 0 Å². The van der Waals surface area contributed by atoms with Crippen LogP contribution < -0.4 is 0 Å². The third kappa shape index (κ3) is 7.76. The standard InChI is InChI=1S/C22H20F2S.C21H18F2S/c1-14-6-11-21(25-14)22-19(23)12-18(13-20(22)24)17-9-7-16(8-10-17)15-4-2-3-5-15;1-13-2-9-20(24-13)21-18(22)11-17(12-19(21)23)16-7-5-15(6-8-16)10-14-3-4-14/h6-13,15H,2-5H2,1H3;2,5-9,11-12,14H,3-4,10H2,1H3. The molecular formula is C43H38F4S2. The normalized spacial score (nSPS) is 14.6. The fourth-order valence-corrected chi connectivity index (χ4v) is 8.62. The average Bonchev–Trinajstić information content (AvgIpc) is 3.41. The van der Waals surface area contributed by atoms with Gasteiger partial charge in [-0.2, -0.15) is 0 Å². The van der Waals surface area contributed by atoms with Gasteiger partial charge in [-0.1, -0.05) is 61.4 Å². The van der Waals surface area contributed by atoms with Crippen molar-refractivity contribution in [2.24, 2.45) is 5.92 Å². The molecule has 0 aliphatic heterocycles. The second-order valence-corrected chi connectivity index (χ2v) is 16.0. The number of halogens is 4. The van der Waals surface area contributed by atoms with E-state index in [0.29, 0.717) is 26.8 Å². The number of hydrogen-bond donors (Lipinski definition) is 0. The SMILES string of the molecule is Cc1ccc(-c2c(F)cc(-c3ccc(C4CCCC4)cc3)cc2F)s1.Cc1ccc(-c2c(F)cc(-c3ccc(CC4CC4)cc3)cc2F)s1. The fraction of sp³-hybridized carbons (Fsp3) is 0.256. The minimum Gasteiger partial charge on any atom is -0.206 e. The molecule has 0 spiro atoms. The second-order valence-electron chi connectivity index (χ2n) is 13.4. The van der Waals surface area contributed by atoms with Crippen LogP contribution in [0.4, 0.5) is 17.6 Å². The van der Waals surface area contributed by atoms with Gasteiger partial charge in [0.25, 0.3) is 0 Å². The van der Waals surface area contributed by atoms with E-state index in [4.69, 9.17) is 0 Å². The Kier molecular flexibility index (Phi) is 9.89. The van der Waals surface area contributed by atoms with E-state index in [1.54, 1.807) is 12.1 Å². The van der Waals surface area contributed by atoms with Crippen LogP contribution >= 0.6 is 22.7 Å². The number of thiophene rings is 2. The quantitative estimate of drug-likeness (QED) is 0.146. The summed E-state index contributed by atoms with van der Waals surface area (Å²) in [5, 5.41) is 0. The minimum atomic E-state index is -0.506. The third-order valence-corrected chi connectivity index (χ3v) is 11.7. The number of benzene rings is 4. The van der Waals surface area contributed by atoms with Gasteiger partial charge in [0, 0.05) is 19.5 Å². The van der Waals surface area contributed by atoms with Crippen molar-refractivity contribution in [3.05, 3.63) is 141 Å². The summed E-state index contributed by atoms with van der Waals surface area (Å²) in [4.78, 5) is 3.35. The summed E-state index contributed by atoms with van der Waals surface area (Å²) in [5.41, 5.74) is 5.66. The van der Waals surface area contributed by atoms with E-state index in [2.05, 4.69) is 24.3 Å². The number of hydrogen-bond acceptors (Lipinski definition) is 2. The highest BCUT2D eigenvalue weighted by Gasteiger charge is 2.22. The Morgan fingerprint density at radius 1 is 0.510 bits per heavy atom. The van der Waals surface area contributed by atoms with E-state index in [-0.39, 0.29) is 11.1 Å². The maximum atomic E-state index is 14.6. The van der Waals surface area contributed by atoms with Crippen LogP contribution in [0, 0.1) is 43.0 Å². The van der Waals surface area contributed by atoms with E-state index in [1.807, 2.05) is 50.2 Å². The molecule has 49 heavy (non-hydrogen) atoms. The molecular weight excluding hydrogens is 657 g/mol. The van der Waals surface area contributed by atoms with Crippen molar-refractivity contribution >= 4 is 22.7 Å². The molecule has 0 bridgehead atoms. The Morgan fingerprint density at radius 3 is 1.33 bits per heavy atom. The zero-order chi connectivity index (χ0) is 34.1. The lowest BCUT2D eigenvalue weighted by molar-refractivity contribution is 0.590. The summed E-state index contributed by atoms with van der Waals surface area (Å²) in [5.74, 6) is -0.539. The molecule has 0 atom stereocenters. The predicted molar refractivity (Wildman–Crippen MR) is 197 cm³/mol. The first kappa shape index (κ1) is 33.5. The average molecular weight is 695 g/mol. The molecule has 2 heterocycles. The first-order valence-corrected chi connectivity index (χ1v) is 18.7. The van der Waals surface area contributed by atoms with E-state index in [0.717, 1.165) is 33.2 Å². The molecule has 2 saturated carbocycles. The van der Waals surface area contributed by atoms with Crippen molar-refractivity contribution in [1.29, 1.82) is 0 Å². The lowest BCUT2D eigenvalue weighted by atomic mass is 9.94. The lowest BCUT2D eigenvalue weighted by Gasteiger charge is -2.11. The van der Waals surface area contributed by atoms with E-state index in [1.165, 1.54) is 96.6 Å². The van der Waals surface area contributed by atoms with Crippen molar-refractivity contribution in [2.45, 2.75) is 64.7 Å². The van der Waals surface area contributed by atoms with Crippen molar-refractivity contribution in [3.8, 4) is 43.1 Å². The van der Waals surface area contributed by atoms with Crippen LogP contribution in [0.2, 0.25) is 0 Å². The first-order valence-electron chi connectivity index (χ1n) is 17.0. The van der Waals surface area contributed by atoms with Crippen molar-refractivity contribution < 1.29 is 17.6 Å². The zero-order valence-corrected chi connectivity index (χ0v) is 29.3. The van der Waals surface area contributed by atoms with Gasteiger partial charge in [0.05, 0.1) is 11.1 Å². The van der Waals surface area contributed by atoms with Crippen molar-refractivity contribution in [1.82, 2.24) is 0 Å². The lowest BCUT2D eigenvalue weighted by Crippen LogP contribution is -1.93. The molecule has 250 valence electrons. The van der Waals surface area contributed by atoms with E-state index in [9.17, 15) is 17.6 Å². The molecule has 2 aliphatic rings. The van der Waals surface area contributed by atoms with Crippen LogP contribution in [0.15, 0.2) is 97.1 Å². The van der Waals surface area contributed by atoms with Gasteiger partial charge in [-0.3, -0.25) is 0 Å². The fourth-order valence-electron chi connectivity index (χ4n) is 6.78. The van der Waals surface area contributed by atoms with Gasteiger partial charge in [0.1, 0.15) is 23.3 Å². The molecule has 8 rings (SSSR count). The second kappa shape index (κ2) is 14.5. The first-order chi connectivity index (χ1) is 23.7. The van der Waals surface area contributed by atoms with E-state index >= 15 is 0 Å². The maximum Gasteiger partial charge on any atom is 0.135 e. The summed E-state index contributed by atoms with van der Waals surface area (Å²) in [7, 11) is 0. The summed E-state index contributed by atoms with van der Waals surface area (Å²) < 4.78 is 58.2. The highest BCUT2D eigenvalue weighted by atomic mass is 32.1. The van der Waals surface area contributed by atoms with Crippen LogP contribution in [0.25, 0.3) is 43.1 Å². The van der Waals surface area contributed by atoms with Gasteiger partial charge in [0.2, 0.25) is 0 Å². The van der Waals surface area contributed by atoms with Gasteiger partial charge >= 0.3 is 0 Å². The Balaban J connectivity index is 0.000000154. The number of aryl methyl sites for hydroxylation is 2. The molecule has 6 heteroatoms. The summed E-state index contributed by atoms with van der Waals surface area (Å²) in [6.45, 7) is 3.87. The molecule has 0 saturated heterocycles. The van der Waals surface area contributed by atoms with Crippen LogP contribution in [0.1, 0.15) is 65.3 Å². The highest BCUT2D eigenvalue weighted by Crippen LogP contribution is 2.38. The third-order valence-electron chi connectivity index (χ3n) is 9.64. The van der Waals surface area contributed by atoms with Crippen LogP contribution in [-0.4, -0.2) is 0 Å². The smallest absolute Gasteiger partial charge is 0.135 e. The van der Waals surface area contributed by atoms with Gasteiger partial charge < -0.3 is 0 Å². The van der Waals surface area contributed by atoms with Crippen molar-refractivity contribution in [3.63, 3.8) is 0 Å². The monoisotopic (exact) mass is 694 g/mol. The zero-order valence-electron chi connectivity index (χ0n) is 27.7. The maximum absolute atomic E-state index is 14.6. The predicted octanol–water partition coefficient (Wildman–Crippen LogP) is 13.9. The molecule has 0 N–H and O–H groups in total. The Labute approximate surface area is 294 Å². The summed E-state index contributed by atoms with van der Waals surface area (Å²) in [6, 6.07) is 29.3. The largest absolute Gasteiger partial charge is 0.206 e. The molecule has 2 aromatic heterocycles. The van der Waals surface area contributed by atoms with Gasteiger partial charge in [-0.25, -0.2) is 17.6 Å². The molecule has 2 aliphatic carbocycles. The molecule has 6 aromatic rings. The topological polar surface area (TPSA) is 0 Å². The molecule has 0 amide bonds. The van der Waals surface area contributed by atoms with E-state index < -0.39 is 23.3 Å².